The zero-order valence-corrected chi connectivity index (χ0v) is 7.06. The Morgan fingerprint density at radius 2 is 2.45 bits per heavy atom. The topological polar surface area (TPSA) is 39.1 Å². The third-order valence-corrected chi connectivity index (χ3v) is 2.33. The molecule has 11 heavy (non-hydrogen) atoms. The van der Waals surface area contributed by atoms with Crippen molar-refractivity contribution in [2.75, 3.05) is 0 Å². The number of aryl methyl sites for hydroxylation is 1. The number of carbonyl (C=O) groups excluding carboxylic acids is 1. The van der Waals surface area contributed by atoms with Crippen LogP contribution in [0.5, 0.6) is 0 Å². The second-order valence-corrected chi connectivity index (χ2v) is 3.07. The summed E-state index contributed by atoms with van der Waals surface area (Å²) in [6.45, 7) is 2.38. The lowest BCUT2D eigenvalue weighted by Crippen LogP contribution is -2.14. The molecule has 0 fully saturated rings. The standard InChI is InChI=1S/C7H9NO2S/c1-6-5-11-7(10)8(6)3-2-4-9/h4-5H,2-3H2,1H3. The second-order valence-electron chi connectivity index (χ2n) is 2.25. The summed E-state index contributed by atoms with van der Waals surface area (Å²) in [6.07, 6.45) is 1.24. The minimum absolute atomic E-state index is 0.0179. The lowest BCUT2D eigenvalue weighted by Gasteiger charge is -1.98. The molecular formula is C7H9NO2S. The number of hydrogen-bond donors (Lipinski definition) is 0. The van der Waals surface area contributed by atoms with Gasteiger partial charge in [-0.25, -0.2) is 0 Å². The largest absolute Gasteiger partial charge is 0.307 e. The maximum Gasteiger partial charge on any atom is 0.307 e. The normalized spacial score (nSPS) is 9.91. The highest BCUT2D eigenvalue weighted by atomic mass is 32.1. The molecule has 0 spiro atoms. The smallest absolute Gasteiger partial charge is 0.303 e. The van der Waals surface area contributed by atoms with Crippen LogP contribution in [0.3, 0.4) is 0 Å². The van der Waals surface area contributed by atoms with Gasteiger partial charge in [0.2, 0.25) is 0 Å². The Kier molecular flexibility index (Phi) is 2.59. The molecule has 0 aromatic carbocycles. The Balaban J connectivity index is 2.83. The first kappa shape index (κ1) is 8.20. The van der Waals surface area contributed by atoms with Crippen molar-refractivity contribution in [3.8, 4) is 0 Å². The van der Waals surface area contributed by atoms with Crippen LogP contribution in [0.25, 0.3) is 0 Å². The van der Waals surface area contributed by atoms with Crippen LogP contribution in [0.15, 0.2) is 10.2 Å². The van der Waals surface area contributed by atoms with Gasteiger partial charge in [0, 0.05) is 24.0 Å². The number of nitrogens with zero attached hydrogens (tertiary/aromatic N) is 1. The van der Waals surface area contributed by atoms with E-state index in [1.54, 1.807) is 9.95 Å². The molecule has 0 radical (unpaired) electrons. The van der Waals surface area contributed by atoms with Crippen LogP contribution in [0.1, 0.15) is 12.1 Å². The van der Waals surface area contributed by atoms with Crippen molar-refractivity contribution in [2.24, 2.45) is 0 Å². The van der Waals surface area contributed by atoms with Gasteiger partial charge in [-0.3, -0.25) is 4.79 Å². The van der Waals surface area contributed by atoms with Crippen molar-refractivity contribution in [3.63, 3.8) is 0 Å². The van der Waals surface area contributed by atoms with E-state index >= 15 is 0 Å². The fourth-order valence-corrected chi connectivity index (χ4v) is 1.62. The molecule has 1 aromatic heterocycles. The van der Waals surface area contributed by atoms with E-state index in [2.05, 4.69) is 0 Å². The van der Waals surface area contributed by atoms with Crippen molar-refractivity contribution >= 4 is 17.6 Å². The summed E-state index contributed by atoms with van der Waals surface area (Å²) in [7, 11) is 0. The summed E-state index contributed by atoms with van der Waals surface area (Å²) in [6, 6.07) is 0. The van der Waals surface area contributed by atoms with Gasteiger partial charge in [-0.2, -0.15) is 0 Å². The predicted molar refractivity (Wildman–Crippen MR) is 44.0 cm³/mol. The molecule has 0 N–H and O–H groups in total. The van der Waals surface area contributed by atoms with Gasteiger partial charge in [-0.05, 0) is 6.92 Å². The van der Waals surface area contributed by atoms with Crippen LogP contribution in [0.2, 0.25) is 0 Å². The molecule has 0 bridgehead atoms. The summed E-state index contributed by atoms with van der Waals surface area (Å²) in [5.74, 6) is 0. The molecule has 0 aliphatic heterocycles. The molecule has 1 rings (SSSR count). The van der Waals surface area contributed by atoms with E-state index in [-0.39, 0.29) is 4.87 Å². The van der Waals surface area contributed by atoms with E-state index in [0.29, 0.717) is 13.0 Å². The van der Waals surface area contributed by atoms with Crippen LogP contribution < -0.4 is 4.87 Å². The van der Waals surface area contributed by atoms with E-state index in [0.717, 1.165) is 12.0 Å². The van der Waals surface area contributed by atoms with E-state index in [1.165, 1.54) is 11.3 Å². The average Bonchev–Trinajstić information content (AvgIpc) is 2.29. The fourth-order valence-electron chi connectivity index (χ4n) is 0.856. The molecule has 0 saturated carbocycles. The molecule has 1 aromatic rings. The number of thiazole rings is 1. The minimum atomic E-state index is 0.0179. The van der Waals surface area contributed by atoms with E-state index in [9.17, 15) is 9.59 Å². The lowest BCUT2D eigenvalue weighted by atomic mass is 10.4. The van der Waals surface area contributed by atoms with Crippen molar-refractivity contribution < 1.29 is 4.79 Å². The molecule has 0 amide bonds. The van der Waals surface area contributed by atoms with Crippen LogP contribution in [-0.2, 0) is 11.3 Å². The van der Waals surface area contributed by atoms with E-state index in [4.69, 9.17) is 0 Å². The molecule has 1 heterocycles. The van der Waals surface area contributed by atoms with Gasteiger partial charge >= 0.3 is 4.87 Å². The van der Waals surface area contributed by atoms with Gasteiger partial charge in [-0.1, -0.05) is 11.3 Å². The maximum absolute atomic E-state index is 11.0. The highest BCUT2D eigenvalue weighted by Crippen LogP contribution is 1.99. The summed E-state index contributed by atoms with van der Waals surface area (Å²) in [5, 5.41) is 1.80. The molecule has 0 aliphatic carbocycles. The molecule has 0 atom stereocenters. The molecular weight excluding hydrogens is 162 g/mol. The van der Waals surface area contributed by atoms with Crippen molar-refractivity contribution in [3.05, 3.63) is 20.7 Å². The van der Waals surface area contributed by atoms with Crippen molar-refractivity contribution in [1.82, 2.24) is 4.57 Å². The first-order valence-corrected chi connectivity index (χ1v) is 4.22. The van der Waals surface area contributed by atoms with E-state index < -0.39 is 0 Å². The third-order valence-electron chi connectivity index (χ3n) is 1.45. The van der Waals surface area contributed by atoms with Crippen LogP contribution in [-0.4, -0.2) is 10.9 Å². The zero-order chi connectivity index (χ0) is 8.27. The number of rotatable bonds is 3. The SMILES string of the molecule is Cc1csc(=O)n1CCC=O. The van der Waals surface area contributed by atoms with Crippen LogP contribution in [0, 0.1) is 6.92 Å². The number of hydrogen-bond acceptors (Lipinski definition) is 3. The molecule has 0 unspecified atom stereocenters. The summed E-state index contributed by atoms with van der Waals surface area (Å²) in [4.78, 5) is 21.0. The summed E-state index contributed by atoms with van der Waals surface area (Å²) >= 11 is 1.17. The molecule has 0 aliphatic rings. The van der Waals surface area contributed by atoms with Gasteiger partial charge in [0.05, 0.1) is 0 Å². The van der Waals surface area contributed by atoms with Crippen molar-refractivity contribution in [2.45, 2.75) is 19.9 Å². The third kappa shape index (κ3) is 1.77. The Bertz CT molecular complexity index is 300. The highest BCUT2D eigenvalue weighted by Gasteiger charge is 1.99. The minimum Gasteiger partial charge on any atom is -0.303 e. The van der Waals surface area contributed by atoms with Crippen LogP contribution >= 0.6 is 11.3 Å². The van der Waals surface area contributed by atoms with E-state index in [1.807, 2.05) is 6.92 Å². The molecule has 3 nitrogen and oxygen atoms in total. The Hall–Kier alpha value is -0.900. The molecule has 60 valence electrons. The maximum atomic E-state index is 11.0. The van der Waals surface area contributed by atoms with Gasteiger partial charge < -0.3 is 9.36 Å². The summed E-state index contributed by atoms with van der Waals surface area (Å²) in [5.41, 5.74) is 0.932. The number of aldehydes is 1. The van der Waals surface area contributed by atoms with Crippen molar-refractivity contribution in [1.29, 1.82) is 0 Å². The first-order valence-electron chi connectivity index (χ1n) is 3.34. The van der Waals surface area contributed by atoms with Gasteiger partial charge in [0.1, 0.15) is 6.29 Å². The Morgan fingerprint density at radius 3 is 2.91 bits per heavy atom. The number of aromatic nitrogens is 1. The van der Waals surface area contributed by atoms with Gasteiger partial charge in [0.25, 0.3) is 0 Å². The zero-order valence-electron chi connectivity index (χ0n) is 6.24. The monoisotopic (exact) mass is 171 g/mol. The van der Waals surface area contributed by atoms with Gasteiger partial charge in [0.15, 0.2) is 0 Å². The average molecular weight is 171 g/mol. The first-order chi connectivity index (χ1) is 5.25. The fraction of sp³-hybridized carbons (Fsp3) is 0.429. The second kappa shape index (κ2) is 3.48. The Morgan fingerprint density at radius 1 is 1.73 bits per heavy atom. The molecule has 0 saturated heterocycles. The predicted octanol–water partition coefficient (Wildman–Crippen LogP) is 0.807. The Labute approximate surface area is 68.3 Å². The molecule has 4 heteroatoms. The highest BCUT2D eigenvalue weighted by molar-refractivity contribution is 7.07. The van der Waals surface area contributed by atoms with Crippen LogP contribution in [0.4, 0.5) is 0 Å². The lowest BCUT2D eigenvalue weighted by molar-refractivity contribution is -0.108. The quantitative estimate of drug-likeness (QED) is 0.631. The van der Waals surface area contributed by atoms with Gasteiger partial charge in [-0.15, -0.1) is 0 Å². The number of carbonyl (C=O) groups is 1. The summed E-state index contributed by atoms with van der Waals surface area (Å²) < 4.78 is 1.61.